The van der Waals surface area contributed by atoms with Gasteiger partial charge in [0.25, 0.3) is 0 Å². The number of hydrogen-bond donors (Lipinski definition) is 2. The van der Waals surface area contributed by atoms with Crippen LogP contribution in [0.1, 0.15) is 31.8 Å². The fourth-order valence-electron chi connectivity index (χ4n) is 1.64. The van der Waals surface area contributed by atoms with Crippen LogP contribution in [0.4, 0.5) is 0 Å². The molecule has 0 aliphatic rings. The summed E-state index contributed by atoms with van der Waals surface area (Å²) < 4.78 is 37.2. The smallest absolute Gasteiger partial charge is 0.244 e. The van der Waals surface area contributed by atoms with E-state index in [2.05, 4.69) is 18.6 Å². The summed E-state index contributed by atoms with van der Waals surface area (Å²) in [4.78, 5) is 0.139. The highest BCUT2D eigenvalue weighted by molar-refractivity contribution is 7.89. The van der Waals surface area contributed by atoms with Crippen LogP contribution in [0.5, 0.6) is 0 Å². The molecular formula is C13H24N2O4S. The normalized spacial score (nSPS) is 12.2. The number of nitrogens with two attached hydrogens (primary N) is 1. The molecule has 0 spiro atoms. The van der Waals surface area contributed by atoms with Gasteiger partial charge in [-0.15, -0.1) is 0 Å². The molecule has 0 aliphatic heterocycles. The number of aryl methyl sites for hydroxylation is 1. The lowest BCUT2D eigenvalue weighted by molar-refractivity contribution is 0.128. The molecule has 1 rings (SSSR count). The van der Waals surface area contributed by atoms with Crippen molar-refractivity contribution in [1.82, 2.24) is 4.72 Å². The van der Waals surface area contributed by atoms with Crippen LogP contribution in [0.2, 0.25) is 0 Å². The monoisotopic (exact) mass is 304 g/mol. The van der Waals surface area contributed by atoms with Crippen LogP contribution < -0.4 is 10.5 Å². The largest absolute Gasteiger partial charge is 0.464 e. The van der Waals surface area contributed by atoms with Crippen molar-refractivity contribution in [2.24, 2.45) is 11.7 Å². The van der Waals surface area contributed by atoms with Gasteiger partial charge in [0, 0.05) is 19.2 Å². The minimum absolute atomic E-state index is 0.139. The van der Waals surface area contributed by atoms with E-state index >= 15 is 0 Å². The molecule has 116 valence electrons. The Morgan fingerprint density at radius 3 is 2.65 bits per heavy atom. The Morgan fingerprint density at radius 2 is 2.10 bits per heavy atom. The highest BCUT2D eigenvalue weighted by Crippen LogP contribution is 2.19. The van der Waals surface area contributed by atoms with Crippen molar-refractivity contribution in [3.63, 3.8) is 0 Å². The van der Waals surface area contributed by atoms with Gasteiger partial charge in [0.1, 0.15) is 16.4 Å². The second kappa shape index (κ2) is 7.78. The van der Waals surface area contributed by atoms with E-state index in [1.165, 1.54) is 6.07 Å². The van der Waals surface area contributed by atoms with E-state index in [4.69, 9.17) is 14.9 Å². The molecule has 0 amide bonds. The summed E-state index contributed by atoms with van der Waals surface area (Å²) in [6.07, 6.45) is 0.966. The van der Waals surface area contributed by atoms with Gasteiger partial charge in [-0.1, -0.05) is 13.8 Å². The number of hydrogen-bond acceptors (Lipinski definition) is 5. The molecule has 0 bridgehead atoms. The van der Waals surface area contributed by atoms with Crippen LogP contribution in [-0.4, -0.2) is 28.2 Å². The summed E-state index contributed by atoms with van der Waals surface area (Å²) in [7, 11) is -3.56. The van der Waals surface area contributed by atoms with Crippen molar-refractivity contribution >= 4 is 10.0 Å². The zero-order valence-electron chi connectivity index (χ0n) is 12.3. The van der Waals surface area contributed by atoms with Gasteiger partial charge < -0.3 is 14.9 Å². The van der Waals surface area contributed by atoms with Crippen LogP contribution in [0.25, 0.3) is 0 Å². The van der Waals surface area contributed by atoms with Gasteiger partial charge in [0.2, 0.25) is 10.0 Å². The fraction of sp³-hybridized carbons (Fsp3) is 0.692. The Hall–Kier alpha value is -0.890. The Labute approximate surface area is 120 Å². The van der Waals surface area contributed by atoms with E-state index in [1.54, 1.807) is 6.92 Å². The maximum Gasteiger partial charge on any atom is 0.244 e. The van der Waals surface area contributed by atoms with Gasteiger partial charge in [-0.3, -0.25) is 0 Å². The Kier molecular flexibility index (Phi) is 6.67. The summed E-state index contributed by atoms with van der Waals surface area (Å²) in [6, 6.07) is 1.46. The van der Waals surface area contributed by atoms with Crippen molar-refractivity contribution in [1.29, 1.82) is 0 Å². The third-order valence-electron chi connectivity index (χ3n) is 2.79. The molecule has 1 aromatic rings. The summed E-state index contributed by atoms with van der Waals surface area (Å²) in [6.45, 7) is 7.24. The van der Waals surface area contributed by atoms with Crippen molar-refractivity contribution in [3.8, 4) is 0 Å². The maximum atomic E-state index is 12.1. The van der Waals surface area contributed by atoms with Gasteiger partial charge in [0.15, 0.2) is 0 Å². The average Bonchev–Trinajstić information content (AvgIpc) is 2.75. The van der Waals surface area contributed by atoms with E-state index in [1.807, 2.05) is 0 Å². The molecule has 3 N–H and O–H groups in total. The summed E-state index contributed by atoms with van der Waals surface area (Å²) in [5, 5.41) is 0. The Morgan fingerprint density at radius 1 is 1.40 bits per heavy atom. The second-order valence-electron chi connectivity index (χ2n) is 5.03. The Bertz CT molecular complexity index is 508. The lowest BCUT2D eigenvalue weighted by Crippen LogP contribution is -2.27. The zero-order chi connectivity index (χ0) is 15.2. The van der Waals surface area contributed by atoms with Crippen LogP contribution >= 0.6 is 0 Å². The van der Waals surface area contributed by atoms with Gasteiger partial charge in [0.05, 0.1) is 13.2 Å². The first-order chi connectivity index (χ1) is 9.36. The number of furan rings is 1. The number of nitrogens with one attached hydrogen (secondary N) is 1. The minimum Gasteiger partial charge on any atom is -0.464 e. The first-order valence-electron chi connectivity index (χ1n) is 6.73. The van der Waals surface area contributed by atoms with Crippen molar-refractivity contribution in [3.05, 3.63) is 17.6 Å². The number of rotatable bonds is 9. The fourth-order valence-corrected chi connectivity index (χ4v) is 2.85. The molecule has 0 saturated carbocycles. The first-order valence-corrected chi connectivity index (χ1v) is 8.22. The quantitative estimate of drug-likeness (QED) is 0.672. The Balaban J connectivity index is 2.43. The third-order valence-corrected chi connectivity index (χ3v) is 4.36. The minimum atomic E-state index is -3.56. The van der Waals surface area contributed by atoms with Gasteiger partial charge >= 0.3 is 0 Å². The molecule has 0 atom stereocenters. The van der Waals surface area contributed by atoms with E-state index < -0.39 is 10.0 Å². The first kappa shape index (κ1) is 17.2. The van der Waals surface area contributed by atoms with Crippen LogP contribution in [0.3, 0.4) is 0 Å². The maximum absolute atomic E-state index is 12.1. The topological polar surface area (TPSA) is 94.6 Å². The highest BCUT2D eigenvalue weighted by atomic mass is 32.2. The summed E-state index contributed by atoms with van der Waals surface area (Å²) >= 11 is 0. The molecule has 0 aromatic carbocycles. The summed E-state index contributed by atoms with van der Waals surface area (Å²) in [5.74, 6) is 1.38. The molecule has 0 unspecified atom stereocenters. The van der Waals surface area contributed by atoms with Crippen molar-refractivity contribution in [2.45, 2.75) is 38.6 Å². The molecule has 7 heteroatoms. The number of sulfonamides is 1. The molecule has 6 nitrogen and oxygen atoms in total. The predicted octanol–water partition coefficient (Wildman–Crippen LogP) is 1.39. The molecule has 0 aliphatic carbocycles. The SMILES string of the molecule is Cc1oc(CN)cc1S(=O)(=O)NCCOCCC(C)C. The van der Waals surface area contributed by atoms with Crippen LogP contribution in [0.15, 0.2) is 15.4 Å². The van der Waals surface area contributed by atoms with Crippen molar-refractivity contribution in [2.75, 3.05) is 19.8 Å². The van der Waals surface area contributed by atoms with Gasteiger partial charge in [-0.05, 0) is 19.3 Å². The molecular weight excluding hydrogens is 280 g/mol. The average molecular weight is 304 g/mol. The van der Waals surface area contributed by atoms with Crippen LogP contribution in [-0.2, 0) is 21.3 Å². The molecule has 20 heavy (non-hydrogen) atoms. The van der Waals surface area contributed by atoms with E-state index in [9.17, 15) is 8.42 Å². The molecule has 0 fully saturated rings. The molecule has 1 aromatic heterocycles. The molecule has 0 radical (unpaired) electrons. The predicted molar refractivity (Wildman–Crippen MR) is 76.8 cm³/mol. The second-order valence-corrected chi connectivity index (χ2v) is 6.77. The molecule has 1 heterocycles. The van der Waals surface area contributed by atoms with Gasteiger partial charge in [-0.2, -0.15) is 0 Å². The lowest BCUT2D eigenvalue weighted by atomic mass is 10.1. The standard InChI is InChI=1S/C13H24N2O4S/c1-10(2)4-6-18-7-5-15-20(16,17)13-8-12(9-14)19-11(13)3/h8,10,15H,4-7,9,14H2,1-3H3. The summed E-state index contributed by atoms with van der Waals surface area (Å²) in [5.41, 5.74) is 5.43. The van der Waals surface area contributed by atoms with Crippen molar-refractivity contribution < 1.29 is 17.6 Å². The third kappa shape index (κ3) is 5.24. The number of ether oxygens (including phenoxy) is 1. The van der Waals surface area contributed by atoms with Gasteiger partial charge in [-0.25, -0.2) is 13.1 Å². The van der Waals surface area contributed by atoms with Crippen LogP contribution in [0, 0.1) is 12.8 Å². The lowest BCUT2D eigenvalue weighted by Gasteiger charge is -2.08. The molecule has 0 saturated heterocycles. The van der Waals surface area contributed by atoms with E-state index in [0.29, 0.717) is 30.7 Å². The zero-order valence-corrected chi connectivity index (χ0v) is 13.1. The highest BCUT2D eigenvalue weighted by Gasteiger charge is 2.20. The van der Waals surface area contributed by atoms with E-state index in [0.717, 1.165) is 6.42 Å². The van der Waals surface area contributed by atoms with E-state index in [-0.39, 0.29) is 18.0 Å².